The number of benzene rings is 1. The number of ether oxygens (including phenoxy) is 1. The largest absolute Gasteiger partial charge is 0.398 e. The van der Waals surface area contributed by atoms with Crippen LogP contribution in [0.5, 0.6) is 0 Å². The average molecular weight is 279 g/mol. The van der Waals surface area contributed by atoms with Crippen molar-refractivity contribution in [2.24, 2.45) is 5.92 Å². The van der Waals surface area contributed by atoms with E-state index in [9.17, 15) is 13.6 Å². The number of carbonyl (C=O) groups is 1. The quantitative estimate of drug-likeness (QED) is 0.488. The average Bonchev–Trinajstić information content (AvgIpc) is 2.38. The highest BCUT2D eigenvalue weighted by Gasteiger charge is 2.19. The van der Waals surface area contributed by atoms with Crippen LogP contribution >= 0.6 is 0 Å². The van der Waals surface area contributed by atoms with Crippen LogP contribution in [0.1, 0.15) is 35.7 Å². The lowest BCUT2D eigenvalue weighted by Crippen LogP contribution is -2.14. The van der Waals surface area contributed by atoms with E-state index in [2.05, 4.69) is 11.8 Å². The molecule has 2 rings (SSSR count). The smallest absolute Gasteiger partial charge is 0.164 e. The van der Waals surface area contributed by atoms with Crippen LogP contribution in [0.3, 0.4) is 0 Å². The van der Waals surface area contributed by atoms with Crippen molar-refractivity contribution in [1.82, 2.24) is 0 Å². The van der Waals surface area contributed by atoms with Crippen molar-refractivity contribution < 1.29 is 18.3 Å². The maximum absolute atomic E-state index is 14.1. The van der Waals surface area contributed by atoms with E-state index in [4.69, 9.17) is 10.5 Å². The molecule has 106 valence electrons. The second kappa shape index (κ2) is 6.02. The minimum Gasteiger partial charge on any atom is -0.398 e. The van der Waals surface area contributed by atoms with E-state index in [0.29, 0.717) is 13.2 Å². The molecule has 0 radical (unpaired) electrons. The zero-order chi connectivity index (χ0) is 14.7. The summed E-state index contributed by atoms with van der Waals surface area (Å²) >= 11 is 0. The molecule has 1 saturated heterocycles. The summed E-state index contributed by atoms with van der Waals surface area (Å²) in [4.78, 5) is 11.3. The number of ketones is 1. The molecule has 1 fully saturated rings. The van der Waals surface area contributed by atoms with Gasteiger partial charge < -0.3 is 10.5 Å². The first-order valence-corrected chi connectivity index (χ1v) is 6.38. The summed E-state index contributed by atoms with van der Waals surface area (Å²) in [6, 6.07) is 0.938. The monoisotopic (exact) mass is 279 g/mol. The highest BCUT2D eigenvalue weighted by Crippen LogP contribution is 2.23. The molecule has 20 heavy (non-hydrogen) atoms. The zero-order valence-electron chi connectivity index (χ0n) is 11.1. The highest BCUT2D eigenvalue weighted by atomic mass is 19.1. The van der Waals surface area contributed by atoms with E-state index in [0.717, 1.165) is 18.9 Å². The molecule has 1 aromatic rings. The van der Waals surface area contributed by atoms with E-state index >= 15 is 0 Å². The summed E-state index contributed by atoms with van der Waals surface area (Å²) in [7, 11) is 0. The lowest BCUT2D eigenvalue weighted by Gasteiger charge is -2.16. The molecule has 0 atom stereocenters. The summed E-state index contributed by atoms with van der Waals surface area (Å²) in [6.07, 6.45) is 1.48. The van der Waals surface area contributed by atoms with E-state index in [-0.39, 0.29) is 17.2 Å². The Bertz CT molecular complexity index is 596. The van der Waals surface area contributed by atoms with E-state index < -0.39 is 23.0 Å². The third kappa shape index (κ3) is 2.97. The van der Waals surface area contributed by atoms with Crippen LogP contribution in [-0.2, 0) is 4.74 Å². The van der Waals surface area contributed by atoms with Crippen LogP contribution in [0.15, 0.2) is 6.07 Å². The van der Waals surface area contributed by atoms with Gasteiger partial charge in [0.1, 0.15) is 5.82 Å². The zero-order valence-corrected chi connectivity index (χ0v) is 11.1. The molecule has 5 heteroatoms. The minimum absolute atomic E-state index is 0.0564. The van der Waals surface area contributed by atoms with Gasteiger partial charge >= 0.3 is 0 Å². The van der Waals surface area contributed by atoms with Crippen molar-refractivity contribution in [3.8, 4) is 11.8 Å². The van der Waals surface area contributed by atoms with Crippen LogP contribution < -0.4 is 5.73 Å². The van der Waals surface area contributed by atoms with Gasteiger partial charge in [0.05, 0.1) is 11.1 Å². The molecular formula is C15H15F2NO2. The molecule has 0 aliphatic carbocycles. The fourth-order valence-corrected chi connectivity index (χ4v) is 2.13. The molecule has 0 aromatic heterocycles. The Morgan fingerprint density at radius 3 is 2.65 bits per heavy atom. The Kier molecular flexibility index (Phi) is 4.35. The molecule has 2 N–H and O–H groups in total. The fraction of sp³-hybridized carbons (Fsp3) is 0.400. The van der Waals surface area contributed by atoms with Crippen molar-refractivity contribution in [3.05, 3.63) is 28.8 Å². The Morgan fingerprint density at radius 2 is 2.05 bits per heavy atom. The number of nitrogen functional groups attached to an aromatic ring is 1. The predicted octanol–water partition coefficient (Wildman–Crippen LogP) is 2.53. The minimum atomic E-state index is -0.977. The lowest BCUT2D eigenvalue weighted by atomic mass is 9.99. The van der Waals surface area contributed by atoms with Crippen molar-refractivity contribution in [1.29, 1.82) is 0 Å². The van der Waals surface area contributed by atoms with Crippen LogP contribution in [-0.4, -0.2) is 19.0 Å². The standard InChI is InChI=1S/C15H15F2NO2/c1-9(19)14-13(18)8-12(16)11(15(14)17)3-2-10-4-6-20-7-5-10/h8,10H,4-7,18H2,1H3. The van der Waals surface area contributed by atoms with Crippen LogP contribution in [0, 0.1) is 29.4 Å². The number of hydrogen-bond acceptors (Lipinski definition) is 3. The molecular weight excluding hydrogens is 264 g/mol. The van der Waals surface area contributed by atoms with Crippen LogP contribution in [0.4, 0.5) is 14.5 Å². The molecule has 0 bridgehead atoms. The van der Waals surface area contributed by atoms with Gasteiger partial charge in [0.15, 0.2) is 11.6 Å². The van der Waals surface area contributed by atoms with Crippen molar-refractivity contribution >= 4 is 11.5 Å². The number of anilines is 1. The number of hydrogen-bond donors (Lipinski definition) is 1. The number of halogens is 2. The third-order valence-electron chi connectivity index (χ3n) is 3.22. The summed E-state index contributed by atoms with van der Waals surface area (Å²) in [5.74, 6) is 3.04. The van der Waals surface area contributed by atoms with Gasteiger partial charge in [-0.1, -0.05) is 11.8 Å². The van der Waals surface area contributed by atoms with Crippen molar-refractivity contribution in [3.63, 3.8) is 0 Å². The first-order chi connectivity index (χ1) is 9.50. The van der Waals surface area contributed by atoms with Gasteiger partial charge in [-0.05, 0) is 25.8 Å². The lowest BCUT2D eigenvalue weighted by molar-refractivity contribution is 0.0807. The Morgan fingerprint density at radius 1 is 1.40 bits per heavy atom. The van der Waals surface area contributed by atoms with Crippen LogP contribution in [0.2, 0.25) is 0 Å². The van der Waals surface area contributed by atoms with E-state index in [1.807, 2.05) is 0 Å². The molecule has 1 heterocycles. The molecule has 0 spiro atoms. The molecule has 1 aliphatic heterocycles. The topological polar surface area (TPSA) is 52.3 Å². The van der Waals surface area contributed by atoms with Gasteiger partial charge in [-0.25, -0.2) is 8.78 Å². The van der Waals surface area contributed by atoms with Crippen molar-refractivity contribution in [2.75, 3.05) is 18.9 Å². The normalized spacial score (nSPS) is 15.6. The van der Waals surface area contributed by atoms with Gasteiger partial charge in [-0.2, -0.15) is 0 Å². The molecule has 1 aromatic carbocycles. The highest BCUT2D eigenvalue weighted by molar-refractivity contribution is 5.99. The Labute approximate surface area is 116 Å². The third-order valence-corrected chi connectivity index (χ3v) is 3.22. The fourth-order valence-electron chi connectivity index (χ4n) is 2.13. The molecule has 0 saturated carbocycles. The SMILES string of the molecule is CC(=O)c1c(N)cc(F)c(C#CC2CCOCC2)c1F. The first kappa shape index (κ1) is 14.5. The first-order valence-electron chi connectivity index (χ1n) is 6.38. The second-order valence-corrected chi connectivity index (χ2v) is 4.72. The van der Waals surface area contributed by atoms with Gasteiger partial charge in [0, 0.05) is 24.8 Å². The second-order valence-electron chi connectivity index (χ2n) is 4.72. The molecule has 1 aliphatic rings. The summed E-state index contributed by atoms with van der Waals surface area (Å²) in [6.45, 7) is 2.39. The number of carbonyl (C=O) groups excluding carboxylic acids is 1. The number of rotatable bonds is 1. The number of nitrogens with two attached hydrogens (primary N) is 1. The Balaban J connectivity index is 2.39. The van der Waals surface area contributed by atoms with E-state index in [1.165, 1.54) is 6.92 Å². The maximum atomic E-state index is 14.1. The van der Waals surface area contributed by atoms with E-state index in [1.54, 1.807) is 0 Å². The summed E-state index contributed by atoms with van der Waals surface area (Å²) in [5.41, 5.74) is 4.57. The van der Waals surface area contributed by atoms with Gasteiger partial charge in [-0.15, -0.1) is 0 Å². The molecule has 3 nitrogen and oxygen atoms in total. The van der Waals surface area contributed by atoms with Gasteiger partial charge in [0.25, 0.3) is 0 Å². The van der Waals surface area contributed by atoms with Crippen LogP contribution in [0.25, 0.3) is 0 Å². The molecule has 0 amide bonds. The predicted molar refractivity (Wildman–Crippen MR) is 71.2 cm³/mol. The number of Topliss-reactive ketones (excluding diaryl/α,β-unsaturated/α-hetero) is 1. The van der Waals surface area contributed by atoms with Gasteiger partial charge in [0.2, 0.25) is 0 Å². The maximum Gasteiger partial charge on any atom is 0.164 e. The molecule has 0 unspecified atom stereocenters. The Hall–Kier alpha value is -1.93. The summed E-state index contributed by atoms with van der Waals surface area (Å²) in [5, 5.41) is 0. The van der Waals surface area contributed by atoms with Crippen molar-refractivity contribution in [2.45, 2.75) is 19.8 Å². The summed E-state index contributed by atoms with van der Waals surface area (Å²) < 4.78 is 33.1. The van der Waals surface area contributed by atoms with Gasteiger partial charge in [-0.3, -0.25) is 4.79 Å².